The molecule has 0 aliphatic carbocycles. The van der Waals surface area contributed by atoms with E-state index in [1.54, 1.807) is 54.6 Å². The second-order valence-corrected chi connectivity index (χ2v) is 11.1. The molecule has 3 aromatic carbocycles. The molecular formula is C25H18ClFN4O3S2. The van der Waals surface area contributed by atoms with Crippen molar-refractivity contribution >= 4 is 50.7 Å². The normalized spacial score (nSPS) is 13.6. The number of para-hydroxylation sites is 1. The number of anilines is 2. The quantitative estimate of drug-likeness (QED) is 0.261. The van der Waals surface area contributed by atoms with E-state index in [1.165, 1.54) is 28.7 Å². The van der Waals surface area contributed by atoms with Crippen molar-refractivity contribution in [2.24, 2.45) is 0 Å². The summed E-state index contributed by atoms with van der Waals surface area (Å²) in [6, 6.07) is 19.5. The zero-order valence-electron chi connectivity index (χ0n) is 18.6. The van der Waals surface area contributed by atoms with E-state index in [-0.39, 0.29) is 34.0 Å². The van der Waals surface area contributed by atoms with Crippen LogP contribution in [0.3, 0.4) is 0 Å². The molecule has 1 aromatic heterocycles. The van der Waals surface area contributed by atoms with E-state index >= 15 is 0 Å². The van der Waals surface area contributed by atoms with E-state index < -0.39 is 15.8 Å². The monoisotopic (exact) mass is 540 g/mol. The number of sulfonamides is 1. The van der Waals surface area contributed by atoms with Gasteiger partial charge in [0.25, 0.3) is 10.0 Å². The average Bonchev–Trinajstić information content (AvgIpc) is 2.87. The van der Waals surface area contributed by atoms with Crippen LogP contribution in [0.2, 0.25) is 5.02 Å². The molecule has 4 aromatic rings. The largest absolute Gasteiger partial charge is 0.325 e. The maximum Gasteiger partial charge on any atom is 0.268 e. The third-order valence-electron chi connectivity index (χ3n) is 5.40. The molecule has 0 unspecified atom stereocenters. The number of nitrogens with zero attached hydrogens (tertiary/aromatic N) is 3. The Morgan fingerprint density at radius 1 is 1.06 bits per heavy atom. The molecule has 36 heavy (non-hydrogen) atoms. The molecule has 0 fully saturated rings. The predicted octanol–water partition coefficient (Wildman–Crippen LogP) is 5.38. The first kappa shape index (κ1) is 24.2. The number of hydrogen-bond donors (Lipinski definition) is 1. The smallest absolute Gasteiger partial charge is 0.268 e. The van der Waals surface area contributed by atoms with E-state index in [0.717, 1.165) is 11.8 Å². The van der Waals surface area contributed by atoms with Crippen LogP contribution in [0.5, 0.6) is 0 Å². The highest BCUT2D eigenvalue weighted by atomic mass is 35.5. The van der Waals surface area contributed by atoms with Gasteiger partial charge in [-0.25, -0.2) is 22.8 Å². The SMILES string of the molecule is O=C(CSc1ncc2c(n1)-c1ccccc1N(Cc1cccc(F)c1)S2(=O)=O)Nc1ccc(Cl)cc1. The average molecular weight is 541 g/mol. The molecule has 5 rings (SSSR count). The number of nitrogens with one attached hydrogen (secondary N) is 1. The Kier molecular flexibility index (Phi) is 6.65. The zero-order valence-corrected chi connectivity index (χ0v) is 20.9. The van der Waals surface area contributed by atoms with Gasteiger partial charge in [-0.2, -0.15) is 0 Å². The van der Waals surface area contributed by atoms with Gasteiger partial charge in [-0.1, -0.05) is 53.7 Å². The highest BCUT2D eigenvalue weighted by Crippen LogP contribution is 2.42. The summed E-state index contributed by atoms with van der Waals surface area (Å²) in [6.07, 6.45) is 1.26. The van der Waals surface area contributed by atoms with Gasteiger partial charge in [-0.05, 0) is 48.0 Å². The maximum absolute atomic E-state index is 13.7. The Morgan fingerprint density at radius 2 is 1.83 bits per heavy atom. The third-order valence-corrected chi connectivity index (χ3v) is 8.28. The van der Waals surface area contributed by atoms with Gasteiger partial charge in [0.05, 0.1) is 29.9 Å². The van der Waals surface area contributed by atoms with E-state index in [1.807, 2.05) is 0 Å². The topological polar surface area (TPSA) is 92.3 Å². The molecule has 2 heterocycles. The molecule has 0 saturated carbocycles. The lowest BCUT2D eigenvalue weighted by Crippen LogP contribution is -2.34. The maximum atomic E-state index is 13.7. The number of carbonyl (C=O) groups excluding carboxylic acids is 1. The van der Waals surface area contributed by atoms with Crippen LogP contribution >= 0.6 is 23.4 Å². The molecule has 0 bridgehead atoms. The van der Waals surface area contributed by atoms with E-state index in [2.05, 4.69) is 15.3 Å². The van der Waals surface area contributed by atoms with E-state index in [4.69, 9.17) is 11.6 Å². The first-order valence-corrected chi connectivity index (χ1v) is 13.5. The van der Waals surface area contributed by atoms with Crippen LogP contribution in [0.4, 0.5) is 15.8 Å². The fourth-order valence-corrected chi connectivity index (χ4v) is 6.08. The molecule has 182 valence electrons. The number of fused-ring (bicyclic) bond motifs is 3. The minimum Gasteiger partial charge on any atom is -0.325 e. The molecule has 0 radical (unpaired) electrons. The number of amides is 1. The van der Waals surface area contributed by atoms with Gasteiger partial charge in [-0.15, -0.1) is 0 Å². The summed E-state index contributed by atoms with van der Waals surface area (Å²) < 4.78 is 42.0. The molecule has 1 aliphatic heterocycles. The second-order valence-electron chi connectivity index (χ2n) is 7.87. The van der Waals surface area contributed by atoms with E-state index in [9.17, 15) is 17.6 Å². The lowest BCUT2D eigenvalue weighted by molar-refractivity contribution is -0.113. The molecule has 0 atom stereocenters. The van der Waals surface area contributed by atoms with Crippen LogP contribution in [-0.2, 0) is 21.4 Å². The Labute approximate surface area is 216 Å². The summed E-state index contributed by atoms with van der Waals surface area (Å²) in [6.45, 7) is -0.0437. The standard InChI is InChI=1S/C25H18ClFN4O3S2/c26-17-8-10-19(11-9-17)29-23(32)15-35-25-28-13-22-24(30-25)20-6-1-2-7-21(20)31(36(22,33)34)14-16-4-3-5-18(27)12-16/h1-13H,14-15H2,(H,29,32). The number of halogens is 2. The summed E-state index contributed by atoms with van der Waals surface area (Å²) in [5.41, 5.74) is 2.42. The van der Waals surface area contributed by atoms with Crippen molar-refractivity contribution in [2.75, 3.05) is 15.4 Å². The Bertz CT molecular complexity index is 1570. The fourth-order valence-electron chi connectivity index (χ4n) is 3.78. The number of rotatable bonds is 6. The van der Waals surface area contributed by atoms with Crippen molar-refractivity contribution in [3.05, 3.63) is 95.4 Å². The number of thioether (sulfide) groups is 1. The first-order valence-electron chi connectivity index (χ1n) is 10.7. The lowest BCUT2D eigenvalue weighted by atomic mass is 10.1. The number of aromatic nitrogens is 2. The molecular weight excluding hydrogens is 523 g/mol. The van der Waals surface area contributed by atoms with Crippen LogP contribution in [0.1, 0.15) is 5.56 Å². The number of benzene rings is 3. The molecule has 0 saturated heterocycles. The highest BCUT2D eigenvalue weighted by molar-refractivity contribution is 7.99. The fraction of sp³-hybridized carbons (Fsp3) is 0.0800. The summed E-state index contributed by atoms with van der Waals surface area (Å²) in [4.78, 5) is 21.0. The third kappa shape index (κ3) is 4.92. The van der Waals surface area contributed by atoms with Crippen LogP contribution in [0, 0.1) is 5.82 Å². The molecule has 1 aliphatic rings. The minimum atomic E-state index is -4.01. The van der Waals surface area contributed by atoms with Crippen LogP contribution in [0.15, 0.2) is 89.0 Å². The molecule has 11 heteroatoms. The summed E-state index contributed by atoms with van der Waals surface area (Å²) in [5, 5.41) is 3.59. The Balaban J connectivity index is 1.41. The van der Waals surface area contributed by atoms with Gasteiger partial charge in [-0.3, -0.25) is 9.10 Å². The van der Waals surface area contributed by atoms with Crippen molar-refractivity contribution in [2.45, 2.75) is 16.6 Å². The van der Waals surface area contributed by atoms with Crippen molar-refractivity contribution in [3.63, 3.8) is 0 Å². The Hall–Kier alpha value is -3.47. The van der Waals surface area contributed by atoms with Crippen LogP contribution in [0.25, 0.3) is 11.3 Å². The molecule has 1 N–H and O–H groups in total. The van der Waals surface area contributed by atoms with Crippen molar-refractivity contribution in [1.82, 2.24) is 9.97 Å². The molecule has 1 amide bonds. The first-order chi connectivity index (χ1) is 17.3. The number of carbonyl (C=O) groups is 1. The van der Waals surface area contributed by atoms with Gasteiger partial charge < -0.3 is 5.32 Å². The number of hydrogen-bond acceptors (Lipinski definition) is 6. The van der Waals surface area contributed by atoms with E-state index in [0.29, 0.717) is 27.5 Å². The molecule has 7 nitrogen and oxygen atoms in total. The lowest BCUT2D eigenvalue weighted by Gasteiger charge is -2.31. The van der Waals surface area contributed by atoms with Gasteiger partial charge in [0.15, 0.2) is 5.16 Å². The van der Waals surface area contributed by atoms with Gasteiger partial charge >= 0.3 is 0 Å². The highest BCUT2D eigenvalue weighted by Gasteiger charge is 2.36. The van der Waals surface area contributed by atoms with Crippen molar-refractivity contribution in [1.29, 1.82) is 0 Å². The minimum absolute atomic E-state index is 0.0293. The van der Waals surface area contributed by atoms with Crippen LogP contribution < -0.4 is 9.62 Å². The van der Waals surface area contributed by atoms with Gasteiger partial charge in [0.2, 0.25) is 5.91 Å². The van der Waals surface area contributed by atoms with Crippen LogP contribution in [-0.4, -0.2) is 30.0 Å². The summed E-state index contributed by atoms with van der Waals surface area (Å²) in [5.74, 6) is -0.680. The summed E-state index contributed by atoms with van der Waals surface area (Å²) in [7, 11) is -4.01. The zero-order chi connectivity index (χ0) is 25.3. The van der Waals surface area contributed by atoms with Gasteiger partial charge in [0.1, 0.15) is 10.7 Å². The summed E-state index contributed by atoms with van der Waals surface area (Å²) >= 11 is 6.96. The Morgan fingerprint density at radius 3 is 2.61 bits per heavy atom. The predicted molar refractivity (Wildman–Crippen MR) is 138 cm³/mol. The van der Waals surface area contributed by atoms with Crippen molar-refractivity contribution in [3.8, 4) is 11.3 Å². The van der Waals surface area contributed by atoms with Gasteiger partial charge in [0, 0.05) is 16.3 Å². The molecule has 0 spiro atoms. The van der Waals surface area contributed by atoms with Crippen molar-refractivity contribution < 1.29 is 17.6 Å². The second kappa shape index (κ2) is 9.88.